The summed E-state index contributed by atoms with van der Waals surface area (Å²) in [4.78, 5) is 11.0. The Morgan fingerprint density at radius 2 is 2.09 bits per heavy atom. The molecule has 0 saturated carbocycles. The minimum atomic E-state index is -0.712. The molecule has 0 aliphatic carbocycles. The highest BCUT2D eigenvalue weighted by molar-refractivity contribution is 6.19. The molecule has 0 fully saturated rings. The van der Waals surface area contributed by atoms with Crippen molar-refractivity contribution >= 4 is 17.6 Å². The highest BCUT2D eigenvalue weighted by Gasteiger charge is 2.20. The number of nitrogens with two attached hydrogens (primary N) is 1. The fourth-order valence-corrected chi connectivity index (χ4v) is 0.566. The molecule has 0 aromatic carbocycles. The van der Waals surface area contributed by atoms with Gasteiger partial charge in [-0.15, -0.1) is 11.6 Å². The predicted octanol–water partition coefficient (Wildman–Crippen LogP) is 0.894. The number of hydrogen-bond acceptors (Lipinski definition) is 3. The van der Waals surface area contributed by atoms with E-state index in [1.165, 1.54) is 0 Å². The van der Waals surface area contributed by atoms with Crippen molar-refractivity contribution in [1.29, 1.82) is 0 Å². The second-order valence-electron chi connectivity index (χ2n) is 3.29. The summed E-state index contributed by atoms with van der Waals surface area (Å²) in [6.07, 6.45) is 0. The van der Waals surface area contributed by atoms with E-state index >= 15 is 0 Å². The van der Waals surface area contributed by atoms with Gasteiger partial charge in [-0.05, 0) is 20.8 Å². The summed E-state index contributed by atoms with van der Waals surface area (Å²) in [7, 11) is 0. The molecule has 0 aliphatic heterocycles. The Hall–Kier alpha value is -0.280. The number of hydrogen-bond donors (Lipinski definition) is 1. The van der Waals surface area contributed by atoms with Crippen LogP contribution in [0.15, 0.2) is 0 Å². The summed E-state index contributed by atoms with van der Waals surface area (Å²) in [5, 5.41) is 0. The molecule has 0 bridgehead atoms. The smallest absolute Gasteiger partial charge is 0.324 e. The number of halogens is 1. The molecule has 1 atom stereocenters. The average molecular weight is 180 g/mol. The number of alkyl halides is 1. The van der Waals surface area contributed by atoms with Crippen molar-refractivity contribution in [1.82, 2.24) is 0 Å². The largest absolute Gasteiger partial charge is 0.459 e. The van der Waals surface area contributed by atoms with E-state index in [0.717, 1.165) is 0 Å². The third-order valence-corrected chi connectivity index (χ3v) is 1.21. The normalized spacial score (nSPS) is 14.3. The van der Waals surface area contributed by atoms with Crippen LogP contribution in [-0.4, -0.2) is 23.5 Å². The Bertz CT molecular complexity index is 142. The Morgan fingerprint density at radius 1 is 1.64 bits per heavy atom. The van der Waals surface area contributed by atoms with Crippen molar-refractivity contribution < 1.29 is 9.53 Å². The van der Waals surface area contributed by atoms with E-state index in [4.69, 9.17) is 22.1 Å². The van der Waals surface area contributed by atoms with Crippen molar-refractivity contribution in [3.05, 3.63) is 0 Å². The standard InChI is InChI=1S/C7H14ClNO2/c1-7(2,3)11-6(10)5(9)4-8/h5H,4,9H2,1-3H3/t5-/m1/s1. The molecule has 0 aliphatic rings. The van der Waals surface area contributed by atoms with Crippen molar-refractivity contribution in [2.75, 3.05) is 5.88 Å². The summed E-state index contributed by atoms with van der Waals surface area (Å²) in [6.45, 7) is 5.35. The lowest BCUT2D eigenvalue weighted by molar-refractivity contribution is -0.155. The van der Waals surface area contributed by atoms with Gasteiger partial charge in [0, 0.05) is 5.88 Å². The van der Waals surface area contributed by atoms with Crippen molar-refractivity contribution in [2.45, 2.75) is 32.4 Å². The van der Waals surface area contributed by atoms with Gasteiger partial charge in [0.1, 0.15) is 11.6 Å². The molecule has 0 aromatic heterocycles. The predicted molar refractivity (Wildman–Crippen MR) is 44.5 cm³/mol. The molecule has 0 aromatic rings. The van der Waals surface area contributed by atoms with Gasteiger partial charge >= 0.3 is 5.97 Å². The summed E-state index contributed by atoms with van der Waals surface area (Å²) in [6, 6.07) is -0.712. The molecule has 2 N–H and O–H groups in total. The zero-order chi connectivity index (χ0) is 9.07. The van der Waals surface area contributed by atoms with E-state index in [0.29, 0.717) is 0 Å². The minimum absolute atomic E-state index is 0.0922. The molecule has 0 spiro atoms. The number of esters is 1. The zero-order valence-electron chi connectivity index (χ0n) is 7.06. The average Bonchev–Trinajstić information content (AvgIpc) is 1.82. The van der Waals surface area contributed by atoms with Crippen LogP contribution in [0.25, 0.3) is 0 Å². The van der Waals surface area contributed by atoms with Crippen molar-refractivity contribution in [3.8, 4) is 0 Å². The first kappa shape index (κ1) is 10.7. The van der Waals surface area contributed by atoms with E-state index < -0.39 is 17.6 Å². The third kappa shape index (κ3) is 5.04. The van der Waals surface area contributed by atoms with Gasteiger partial charge in [-0.3, -0.25) is 4.79 Å². The SMILES string of the molecule is CC(C)(C)OC(=O)[C@H](N)CCl. The lowest BCUT2D eigenvalue weighted by atomic mass is 10.2. The fourth-order valence-electron chi connectivity index (χ4n) is 0.440. The number of carbonyl (C=O) groups excluding carboxylic acids is 1. The topological polar surface area (TPSA) is 52.3 Å². The molecule has 0 rings (SSSR count). The maximum Gasteiger partial charge on any atom is 0.324 e. The molecule has 66 valence electrons. The molecule has 3 nitrogen and oxygen atoms in total. The molecule has 11 heavy (non-hydrogen) atoms. The van der Waals surface area contributed by atoms with Gasteiger partial charge in [-0.25, -0.2) is 0 Å². The molecular weight excluding hydrogens is 166 g/mol. The summed E-state index contributed by atoms with van der Waals surface area (Å²) in [5.74, 6) is -0.359. The molecule has 0 saturated heterocycles. The number of rotatable bonds is 2. The van der Waals surface area contributed by atoms with E-state index in [2.05, 4.69) is 0 Å². The van der Waals surface area contributed by atoms with Gasteiger partial charge in [-0.2, -0.15) is 0 Å². The lowest BCUT2D eigenvalue weighted by Gasteiger charge is -2.21. The maximum absolute atomic E-state index is 11.0. The minimum Gasteiger partial charge on any atom is -0.459 e. The van der Waals surface area contributed by atoms with Crippen molar-refractivity contribution in [3.63, 3.8) is 0 Å². The zero-order valence-corrected chi connectivity index (χ0v) is 7.81. The van der Waals surface area contributed by atoms with Gasteiger partial charge in [0.05, 0.1) is 0 Å². The summed E-state index contributed by atoms with van der Waals surface area (Å²) < 4.78 is 4.94. The first-order valence-corrected chi connectivity index (χ1v) is 3.94. The Labute approximate surface area is 71.8 Å². The van der Waals surface area contributed by atoms with E-state index in [1.807, 2.05) is 0 Å². The molecule has 0 radical (unpaired) electrons. The van der Waals surface area contributed by atoms with Gasteiger partial charge in [0.25, 0.3) is 0 Å². The number of ether oxygens (including phenoxy) is 1. The van der Waals surface area contributed by atoms with Crippen LogP contribution in [-0.2, 0) is 9.53 Å². The number of carbonyl (C=O) groups is 1. The van der Waals surface area contributed by atoms with Crippen LogP contribution >= 0.6 is 11.6 Å². The second-order valence-corrected chi connectivity index (χ2v) is 3.60. The monoisotopic (exact) mass is 179 g/mol. The summed E-state index contributed by atoms with van der Waals surface area (Å²) in [5.41, 5.74) is 4.83. The molecule has 0 amide bonds. The quantitative estimate of drug-likeness (QED) is 0.506. The summed E-state index contributed by atoms with van der Waals surface area (Å²) >= 11 is 5.35. The maximum atomic E-state index is 11.0. The van der Waals surface area contributed by atoms with E-state index in [9.17, 15) is 4.79 Å². The van der Waals surface area contributed by atoms with E-state index in [1.54, 1.807) is 20.8 Å². The van der Waals surface area contributed by atoms with Crippen LogP contribution in [0.1, 0.15) is 20.8 Å². The highest BCUT2D eigenvalue weighted by atomic mass is 35.5. The Kier molecular flexibility index (Phi) is 3.83. The first-order valence-electron chi connectivity index (χ1n) is 3.41. The molecule has 0 unspecified atom stereocenters. The Morgan fingerprint density at radius 3 is 2.36 bits per heavy atom. The first-order chi connectivity index (χ1) is 4.87. The van der Waals surface area contributed by atoms with Crippen molar-refractivity contribution in [2.24, 2.45) is 5.73 Å². The van der Waals surface area contributed by atoms with E-state index in [-0.39, 0.29) is 5.88 Å². The van der Waals surface area contributed by atoms with Crippen LogP contribution < -0.4 is 5.73 Å². The van der Waals surface area contributed by atoms with Crippen LogP contribution in [0.4, 0.5) is 0 Å². The van der Waals surface area contributed by atoms with Gasteiger partial charge in [-0.1, -0.05) is 0 Å². The third-order valence-electron chi connectivity index (χ3n) is 0.876. The van der Waals surface area contributed by atoms with Gasteiger partial charge in [0.2, 0.25) is 0 Å². The van der Waals surface area contributed by atoms with Crippen LogP contribution in [0.3, 0.4) is 0 Å². The fraction of sp³-hybridized carbons (Fsp3) is 0.857. The molecular formula is C7H14ClNO2. The second kappa shape index (κ2) is 3.93. The lowest BCUT2D eigenvalue weighted by Crippen LogP contribution is -2.38. The Balaban J connectivity index is 3.88. The highest BCUT2D eigenvalue weighted by Crippen LogP contribution is 2.07. The van der Waals surface area contributed by atoms with Gasteiger partial charge < -0.3 is 10.5 Å². The van der Waals surface area contributed by atoms with Crippen LogP contribution in [0, 0.1) is 0 Å². The molecule has 4 heteroatoms. The van der Waals surface area contributed by atoms with Crippen LogP contribution in [0.5, 0.6) is 0 Å². The van der Waals surface area contributed by atoms with Gasteiger partial charge in [0.15, 0.2) is 0 Å². The molecule has 0 heterocycles. The van der Waals surface area contributed by atoms with Crippen LogP contribution in [0.2, 0.25) is 0 Å².